The van der Waals surface area contributed by atoms with Crippen molar-refractivity contribution in [2.45, 2.75) is 35.4 Å². The third-order valence-electron chi connectivity index (χ3n) is 3.01. The zero-order chi connectivity index (χ0) is 11.5. The Balaban J connectivity index is 2.20. The zero-order valence-corrected chi connectivity index (χ0v) is 10.2. The summed E-state index contributed by atoms with van der Waals surface area (Å²) >= 11 is 0. The molecule has 0 radical (unpaired) electrons. The molecule has 1 aliphatic carbocycles. The molecule has 1 aliphatic rings. The summed E-state index contributed by atoms with van der Waals surface area (Å²) in [7, 11) is 0.612. The summed E-state index contributed by atoms with van der Waals surface area (Å²) in [5.74, 6) is 0.710. The maximum Gasteiger partial charge on any atom is 0.134 e. The SMILES string of the molecule is COc1ccccc1S(=O)C1CCC(N)C1. The van der Waals surface area contributed by atoms with Gasteiger partial charge in [0.25, 0.3) is 0 Å². The maximum absolute atomic E-state index is 12.3. The van der Waals surface area contributed by atoms with Crippen LogP contribution in [0.2, 0.25) is 0 Å². The highest BCUT2D eigenvalue weighted by Crippen LogP contribution is 2.30. The highest BCUT2D eigenvalue weighted by Gasteiger charge is 2.28. The number of rotatable bonds is 3. The minimum absolute atomic E-state index is 0.186. The van der Waals surface area contributed by atoms with Gasteiger partial charge in [-0.15, -0.1) is 0 Å². The average molecular weight is 239 g/mol. The second-order valence-electron chi connectivity index (χ2n) is 4.14. The summed E-state index contributed by atoms with van der Waals surface area (Å²) in [6, 6.07) is 7.72. The molecule has 88 valence electrons. The Hall–Kier alpha value is -0.870. The van der Waals surface area contributed by atoms with Crippen molar-refractivity contribution in [3.05, 3.63) is 24.3 Å². The number of hydrogen-bond acceptors (Lipinski definition) is 3. The van der Waals surface area contributed by atoms with Crippen LogP contribution in [0.3, 0.4) is 0 Å². The molecule has 1 aromatic carbocycles. The molecule has 0 aliphatic heterocycles. The van der Waals surface area contributed by atoms with Gasteiger partial charge in [0.1, 0.15) is 5.75 Å². The predicted octanol–water partition coefficient (Wildman–Crippen LogP) is 1.68. The first kappa shape index (κ1) is 11.6. The average Bonchev–Trinajstić information content (AvgIpc) is 2.75. The fourth-order valence-corrected chi connectivity index (χ4v) is 3.83. The minimum Gasteiger partial charge on any atom is -0.495 e. The van der Waals surface area contributed by atoms with E-state index in [2.05, 4.69) is 0 Å². The van der Waals surface area contributed by atoms with Crippen LogP contribution in [0.4, 0.5) is 0 Å². The molecule has 1 saturated carbocycles. The van der Waals surface area contributed by atoms with Gasteiger partial charge in [0.15, 0.2) is 0 Å². The van der Waals surface area contributed by atoms with Crippen LogP contribution in [0, 0.1) is 0 Å². The van der Waals surface area contributed by atoms with E-state index < -0.39 is 10.8 Å². The van der Waals surface area contributed by atoms with E-state index in [9.17, 15) is 4.21 Å². The molecule has 1 aromatic rings. The monoisotopic (exact) mass is 239 g/mol. The van der Waals surface area contributed by atoms with Gasteiger partial charge in [0, 0.05) is 11.3 Å². The molecule has 4 heteroatoms. The lowest BCUT2D eigenvalue weighted by Gasteiger charge is -2.12. The molecule has 16 heavy (non-hydrogen) atoms. The normalized spacial score (nSPS) is 26.6. The Bertz CT molecular complexity index is 394. The maximum atomic E-state index is 12.3. The van der Waals surface area contributed by atoms with Crippen LogP contribution in [0.5, 0.6) is 5.75 Å². The summed E-state index contributed by atoms with van der Waals surface area (Å²) in [6.45, 7) is 0. The standard InChI is InChI=1S/C12H17NO2S/c1-15-11-4-2-3-5-12(11)16(14)10-7-6-9(13)8-10/h2-5,9-10H,6-8,13H2,1H3. The molecule has 2 N–H and O–H groups in total. The number of hydrogen-bond donors (Lipinski definition) is 1. The van der Waals surface area contributed by atoms with Crippen LogP contribution in [0.1, 0.15) is 19.3 Å². The van der Waals surface area contributed by atoms with Crippen molar-refractivity contribution in [1.29, 1.82) is 0 Å². The van der Waals surface area contributed by atoms with Gasteiger partial charge in [-0.2, -0.15) is 0 Å². The molecule has 0 heterocycles. The van der Waals surface area contributed by atoms with Crippen molar-refractivity contribution in [2.75, 3.05) is 7.11 Å². The highest BCUT2D eigenvalue weighted by atomic mass is 32.2. The smallest absolute Gasteiger partial charge is 0.134 e. The van der Waals surface area contributed by atoms with Crippen LogP contribution in [-0.2, 0) is 10.8 Å². The molecule has 3 nitrogen and oxygen atoms in total. The van der Waals surface area contributed by atoms with E-state index in [-0.39, 0.29) is 11.3 Å². The van der Waals surface area contributed by atoms with E-state index in [0.717, 1.165) is 24.2 Å². The Morgan fingerprint density at radius 2 is 2.12 bits per heavy atom. The predicted molar refractivity (Wildman–Crippen MR) is 65.0 cm³/mol. The molecule has 0 aromatic heterocycles. The van der Waals surface area contributed by atoms with Crippen molar-refractivity contribution in [3.8, 4) is 5.75 Å². The fraction of sp³-hybridized carbons (Fsp3) is 0.500. The summed E-state index contributed by atoms with van der Waals surface area (Å²) in [4.78, 5) is 0.795. The Kier molecular flexibility index (Phi) is 3.61. The third-order valence-corrected chi connectivity index (χ3v) is 4.82. The van der Waals surface area contributed by atoms with Crippen LogP contribution in [0.15, 0.2) is 29.2 Å². The van der Waals surface area contributed by atoms with Gasteiger partial charge in [0.2, 0.25) is 0 Å². The lowest BCUT2D eigenvalue weighted by Crippen LogP contribution is -2.18. The van der Waals surface area contributed by atoms with Gasteiger partial charge >= 0.3 is 0 Å². The van der Waals surface area contributed by atoms with Gasteiger partial charge in [-0.25, -0.2) is 0 Å². The second-order valence-corrected chi connectivity index (χ2v) is 5.84. The minimum atomic E-state index is -0.996. The van der Waals surface area contributed by atoms with E-state index in [1.807, 2.05) is 24.3 Å². The van der Waals surface area contributed by atoms with Crippen LogP contribution < -0.4 is 10.5 Å². The number of methoxy groups -OCH3 is 1. The molecule has 2 rings (SSSR count). The van der Waals surface area contributed by atoms with Gasteiger partial charge in [-0.1, -0.05) is 12.1 Å². The molecule has 0 bridgehead atoms. The van der Waals surface area contributed by atoms with Crippen molar-refractivity contribution in [1.82, 2.24) is 0 Å². The highest BCUT2D eigenvalue weighted by molar-refractivity contribution is 7.85. The molecule has 0 amide bonds. The van der Waals surface area contributed by atoms with Gasteiger partial charge in [0.05, 0.1) is 22.8 Å². The Labute approximate surface area is 98.4 Å². The van der Waals surface area contributed by atoms with Crippen molar-refractivity contribution < 1.29 is 8.95 Å². The lowest BCUT2D eigenvalue weighted by molar-refractivity contribution is 0.404. The number of benzene rings is 1. The van der Waals surface area contributed by atoms with Gasteiger partial charge < -0.3 is 10.5 Å². The topological polar surface area (TPSA) is 52.3 Å². The van der Waals surface area contributed by atoms with E-state index in [4.69, 9.17) is 10.5 Å². The van der Waals surface area contributed by atoms with E-state index in [1.165, 1.54) is 0 Å². The zero-order valence-electron chi connectivity index (χ0n) is 9.39. The molecule has 1 fully saturated rings. The molecule has 3 atom stereocenters. The molecule has 3 unspecified atom stereocenters. The second kappa shape index (κ2) is 4.97. The summed E-state index contributed by atoms with van der Waals surface area (Å²) < 4.78 is 17.6. The Morgan fingerprint density at radius 1 is 1.38 bits per heavy atom. The van der Waals surface area contributed by atoms with E-state index in [0.29, 0.717) is 5.75 Å². The van der Waals surface area contributed by atoms with Crippen LogP contribution >= 0.6 is 0 Å². The number of para-hydroxylation sites is 1. The molecular formula is C12H17NO2S. The molecular weight excluding hydrogens is 222 g/mol. The largest absolute Gasteiger partial charge is 0.495 e. The van der Waals surface area contributed by atoms with Crippen LogP contribution in [0.25, 0.3) is 0 Å². The first-order valence-electron chi connectivity index (χ1n) is 5.51. The first-order valence-corrected chi connectivity index (χ1v) is 6.73. The molecule has 0 saturated heterocycles. The van der Waals surface area contributed by atoms with Crippen molar-refractivity contribution >= 4 is 10.8 Å². The quantitative estimate of drug-likeness (QED) is 0.873. The first-order chi connectivity index (χ1) is 7.72. The van der Waals surface area contributed by atoms with E-state index in [1.54, 1.807) is 7.11 Å². The van der Waals surface area contributed by atoms with Crippen LogP contribution in [-0.4, -0.2) is 22.6 Å². The third kappa shape index (κ3) is 2.28. The number of nitrogens with two attached hydrogens (primary N) is 1. The lowest BCUT2D eigenvalue weighted by atomic mass is 10.3. The summed E-state index contributed by atoms with van der Waals surface area (Å²) in [6.07, 6.45) is 2.78. The van der Waals surface area contributed by atoms with Gasteiger partial charge in [-0.05, 0) is 31.4 Å². The fourth-order valence-electron chi connectivity index (χ4n) is 2.13. The number of ether oxygens (including phenoxy) is 1. The molecule has 0 spiro atoms. The van der Waals surface area contributed by atoms with Crippen molar-refractivity contribution in [2.24, 2.45) is 5.73 Å². The van der Waals surface area contributed by atoms with Gasteiger partial charge in [-0.3, -0.25) is 4.21 Å². The van der Waals surface area contributed by atoms with E-state index >= 15 is 0 Å². The summed E-state index contributed by atoms with van der Waals surface area (Å²) in [5, 5.41) is 0.186. The van der Waals surface area contributed by atoms with Crippen molar-refractivity contribution in [3.63, 3.8) is 0 Å². The summed E-state index contributed by atoms with van der Waals surface area (Å²) in [5.41, 5.74) is 5.85. The Morgan fingerprint density at radius 3 is 2.75 bits per heavy atom.